The molecule has 2 aliphatic rings. The van der Waals surface area contributed by atoms with Crippen molar-refractivity contribution < 1.29 is 44.3 Å². The van der Waals surface area contributed by atoms with E-state index in [1.165, 1.54) is 116 Å². The van der Waals surface area contributed by atoms with E-state index in [1.807, 2.05) is 0 Å². The molecule has 0 spiro atoms. The molecule has 0 amide bonds. The maximum absolute atomic E-state index is 13.6. The van der Waals surface area contributed by atoms with E-state index >= 15 is 0 Å². The quantitative estimate of drug-likeness (QED) is 0.0482. The standard InChI is InChI=1S/C40H80N2O9S/c1-3-4-5-6-7-8-9-10-11-14-17-21-26-34(44)36(45)33(32-50-40-39(48)38(47)37(46)35(31-43)51-40)41-52(2,49)30-25-19-16-13-12-15-18-22-27-42-28-23-20-24-29-42/h33-40,43-48H,3-32H2,1-2H3/t33-,34+,35?,36-,37?,38?,39?,40?,52?/m0/s1. The average molecular weight is 765 g/mol. The summed E-state index contributed by atoms with van der Waals surface area (Å²) in [6, 6.07) is -1.07. The van der Waals surface area contributed by atoms with Gasteiger partial charge in [0, 0.05) is 21.7 Å². The zero-order valence-corrected chi connectivity index (χ0v) is 33.9. The molecule has 0 bridgehead atoms. The van der Waals surface area contributed by atoms with Crippen molar-refractivity contribution in [3.8, 4) is 0 Å². The zero-order valence-electron chi connectivity index (χ0n) is 33.0. The highest BCUT2D eigenvalue weighted by Gasteiger charge is 2.44. The number of hydrogen-bond donors (Lipinski definition) is 6. The summed E-state index contributed by atoms with van der Waals surface area (Å²) in [6.07, 6.45) is 19.5. The third-order valence-electron chi connectivity index (χ3n) is 11.0. The summed E-state index contributed by atoms with van der Waals surface area (Å²) in [5.41, 5.74) is 0. The minimum absolute atomic E-state index is 0.331. The predicted molar refractivity (Wildman–Crippen MR) is 210 cm³/mol. The van der Waals surface area contributed by atoms with Gasteiger partial charge < -0.3 is 45.0 Å². The molecule has 2 saturated heterocycles. The molecule has 0 aliphatic carbocycles. The summed E-state index contributed by atoms with van der Waals surface area (Å²) in [4.78, 5) is 2.60. The smallest absolute Gasteiger partial charge is 0.186 e. The van der Waals surface area contributed by atoms with E-state index in [4.69, 9.17) is 9.47 Å². The number of ether oxygens (including phenoxy) is 2. The van der Waals surface area contributed by atoms with Gasteiger partial charge in [0.05, 0.1) is 19.3 Å². The van der Waals surface area contributed by atoms with Crippen LogP contribution in [0.25, 0.3) is 0 Å². The fourth-order valence-corrected chi connectivity index (χ4v) is 9.10. The van der Waals surface area contributed by atoms with Gasteiger partial charge in [-0.25, -0.2) is 4.36 Å². The zero-order chi connectivity index (χ0) is 38.0. The number of nitrogens with zero attached hydrogens (tertiary/aromatic N) is 2. The minimum atomic E-state index is -2.74. The van der Waals surface area contributed by atoms with E-state index < -0.39 is 65.3 Å². The molecule has 6 N–H and O–H groups in total. The van der Waals surface area contributed by atoms with Gasteiger partial charge in [0.25, 0.3) is 0 Å². The summed E-state index contributed by atoms with van der Waals surface area (Å²) in [7, 11) is -2.74. The Bertz CT molecular complexity index is 977. The lowest BCUT2D eigenvalue weighted by molar-refractivity contribution is -0.302. The van der Waals surface area contributed by atoms with Gasteiger partial charge in [0.1, 0.15) is 36.6 Å². The van der Waals surface area contributed by atoms with Gasteiger partial charge >= 0.3 is 0 Å². The second-order valence-corrected chi connectivity index (χ2v) is 18.4. The first kappa shape index (κ1) is 47.7. The normalized spacial score (nSPS) is 25.8. The van der Waals surface area contributed by atoms with Crippen molar-refractivity contribution in [2.24, 2.45) is 4.36 Å². The lowest BCUT2D eigenvalue weighted by Gasteiger charge is -2.40. The molecule has 11 nitrogen and oxygen atoms in total. The molecule has 0 saturated carbocycles. The summed E-state index contributed by atoms with van der Waals surface area (Å²) >= 11 is 0. The van der Waals surface area contributed by atoms with Crippen molar-refractivity contribution in [1.29, 1.82) is 0 Å². The Morgan fingerprint density at radius 1 is 0.731 bits per heavy atom. The molecule has 6 unspecified atom stereocenters. The van der Waals surface area contributed by atoms with Gasteiger partial charge in [0.2, 0.25) is 0 Å². The van der Waals surface area contributed by atoms with E-state index in [2.05, 4.69) is 16.2 Å². The number of aliphatic hydroxyl groups is 6. The Hall–Kier alpha value is -0.410. The maximum atomic E-state index is 13.6. The maximum Gasteiger partial charge on any atom is 0.186 e. The second kappa shape index (κ2) is 28.9. The molecule has 2 heterocycles. The molecule has 2 rings (SSSR count). The molecule has 2 fully saturated rings. The van der Waals surface area contributed by atoms with Crippen LogP contribution in [0.4, 0.5) is 0 Å². The number of piperidine rings is 1. The van der Waals surface area contributed by atoms with Crippen LogP contribution in [-0.2, 0) is 19.2 Å². The Morgan fingerprint density at radius 2 is 1.25 bits per heavy atom. The molecule has 0 aromatic heterocycles. The highest BCUT2D eigenvalue weighted by atomic mass is 32.2. The molecular formula is C40H80N2O9S. The fraction of sp³-hybridized carbons (Fsp3) is 1.00. The van der Waals surface area contributed by atoms with Crippen LogP contribution >= 0.6 is 0 Å². The van der Waals surface area contributed by atoms with Gasteiger partial charge in [-0.1, -0.05) is 129 Å². The SMILES string of the molecule is CCCCCCCCCCCCCC[C@@H](O)[C@@H](O)[C@H](COC1OC(CO)C(O)C(O)C1O)N=S(C)(=O)CCCCCCCCCCN1CCCCC1. The summed E-state index contributed by atoms with van der Waals surface area (Å²) < 4.78 is 29.4. The first-order valence-corrected chi connectivity index (χ1v) is 23.4. The Morgan fingerprint density at radius 3 is 1.81 bits per heavy atom. The minimum Gasteiger partial charge on any atom is -0.394 e. The monoisotopic (exact) mass is 765 g/mol. The van der Waals surface area contributed by atoms with Crippen molar-refractivity contribution in [3.05, 3.63) is 0 Å². The summed E-state index contributed by atoms with van der Waals surface area (Å²) in [5.74, 6) is 0.362. The largest absolute Gasteiger partial charge is 0.394 e. The van der Waals surface area contributed by atoms with Crippen LogP contribution in [-0.4, -0.2) is 134 Å². The van der Waals surface area contributed by atoms with E-state index in [0.717, 1.165) is 51.4 Å². The van der Waals surface area contributed by atoms with Crippen LogP contribution in [0.3, 0.4) is 0 Å². The third kappa shape index (κ3) is 20.5. The van der Waals surface area contributed by atoms with Crippen molar-refractivity contribution in [1.82, 2.24) is 4.90 Å². The Balaban J connectivity index is 1.80. The van der Waals surface area contributed by atoms with Gasteiger partial charge in [-0.3, -0.25) is 4.21 Å². The Kier molecular flexibility index (Phi) is 26.5. The average Bonchev–Trinajstić information content (AvgIpc) is 3.14. The third-order valence-corrected chi connectivity index (χ3v) is 12.7. The van der Waals surface area contributed by atoms with E-state index in [0.29, 0.717) is 12.2 Å². The van der Waals surface area contributed by atoms with Crippen molar-refractivity contribution in [2.45, 2.75) is 210 Å². The van der Waals surface area contributed by atoms with Gasteiger partial charge in [-0.2, -0.15) is 0 Å². The second-order valence-electron chi connectivity index (χ2n) is 15.8. The highest BCUT2D eigenvalue weighted by molar-refractivity contribution is 7.92. The highest BCUT2D eigenvalue weighted by Crippen LogP contribution is 2.24. The summed E-state index contributed by atoms with van der Waals surface area (Å²) in [6.45, 7) is 5.06. The summed E-state index contributed by atoms with van der Waals surface area (Å²) in [5, 5.41) is 62.5. The molecule has 9 atom stereocenters. The molecule has 0 radical (unpaired) electrons. The van der Waals surface area contributed by atoms with Crippen LogP contribution in [0.2, 0.25) is 0 Å². The van der Waals surface area contributed by atoms with Crippen LogP contribution in [0.5, 0.6) is 0 Å². The van der Waals surface area contributed by atoms with E-state index in [1.54, 1.807) is 6.26 Å². The van der Waals surface area contributed by atoms with E-state index in [-0.39, 0.29) is 6.61 Å². The van der Waals surface area contributed by atoms with Crippen LogP contribution in [0.15, 0.2) is 4.36 Å². The molecule has 310 valence electrons. The van der Waals surface area contributed by atoms with Gasteiger partial charge in [-0.05, 0) is 51.7 Å². The number of likely N-dealkylation sites (tertiary alicyclic amines) is 1. The van der Waals surface area contributed by atoms with Gasteiger partial charge in [-0.15, -0.1) is 0 Å². The Labute approximate surface area is 317 Å². The fourth-order valence-electron chi connectivity index (χ4n) is 7.50. The van der Waals surface area contributed by atoms with Crippen molar-refractivity contribution in [3.63, 3.8) is 0 Å². The molecule has 0 aromatic rings. The lowest BCUT2D eigenvalue weighted by Crippen LogP contribution is -2.59. The van der Waals surface area contributed by atoms with Crippen LogP contribution < -0.4 is 0 Å². The molecular weight excluding hydrogens is 685 g/mol. The molecule has 2 aliphatic heterocycles. The lowest BCUT2D eigenvalue weighted by atomic mass is 9.99. The predicted octanol–water partition coefficient (Wildman–Crippen LogP) is 5.69. The number of rotatable bonds is 31. The molecule has 52 heavy (non-hydrogen) atoms. The topological polar surface area (TPSA) is 173 Å². The van der Waals surface area contributed by atoms with Crippen molar-refractivity contribution >= 4 is 9.73 Å². The molecule has 0 aromatic carbocycles. The van der Waals surface area contributed by atoms with Crippen LogP contribution in [0.1, 0.15) is 161 Å². The van der Waals surface area contributed by atoms with E-state index in [9.17, 15) is 34.8 Å². The van der Waals surface area contributed by atoms with Gasteiger partial charge in [0.15, 0.2) is 6.29 Å². The van der Waals surface area contributed by atoms with Crippen LogP contribution in [0, 0.1) is 0 Å². The molecule has 12 heteroatoms. The number of unbranched alkanes of at least 4 members (excludes halogenated alkanes) is 18. The number of aliphatic hydroxyl groups excluding tert-OH is 6. The number of hydrogen-bond acceptors (Lipinski definition) is 11. The first-order chi connectivity index (χ1) is 25.1. The first-order valence-electron chi connectivity index (χ1n) is 21.3. The van der Waals surface area contributed by atoms with Crippen molar-refractivity contribution in [2.75, 3.05) is 44.9 Å².